The van der Waals surface area contributed by atoms with Crippen LogP contribution in [0.4, 0.5) is 0 Å². The molecule has 3 rings (SSSR count). The van der Waals surface area contributed by atoms with Gasteiger partial charge < -0.3 is 14.2 Å². The van der Waals surface area contributed by atoms with E-state index in [4.69, 9.17) is 0 Å². The lowest BCUT2D eigenvalue weighted by Crippen LogP contribution is -2.48. The largest absolute Gasteiger partial charge is 0.342 e. The summed E-state index contributed by atoms with van der Waals surface area (Å²) in [5.74, 6) is -0.0215. The maximum atomic E-state index is 12.6. The topological polar surface area (TPSA) is 57.9 Å². The molecule has 0 unspecified atom stereocenters. The summed E-state index contributed by atoms with van der Waals surface area (Å²) in [6, 6.07) is 3.65. The van der Waals surface area contributed by atoms with Gasteiger partial charge in [0.15, 0.2) is 0 Å². The molecule has 2 amide bonds. The Hall–Kier alpha value is -2.37. The highest BCUT2D eigenvalue weighted by atomic mass is 16.2. The molecule has 0 N–H and O–H groups in total. The van der Waals surface area contributed by atoms with Gasteiger partial charge in [-0.3, -0.25) is 9.59 Å². The third-order valence-electron chi connectivity index (χ3n) is 3.58. The van der Waals surface area contributed by atoms with Crippen molar-refractivity contribution in [1.29, 1.82) is 0 Å². The highest BCUT2D eigenvalue weighted by molar-refractivity contribution is 5.99. The van der Waals surface area contributed by atoms with Crippen LogP contribution in [0.5, 0.6) is 0 Å². The van der Waals surface area contributed by atoms with E-state index < -0.39 is 0 Å². The minimum absolute atomic E-state index is 0.0215. The van der Waals surface area contributed by atoms with Crippen molar-refractivity contribution in [3.63, 3.8) is 0 Å². The number of pyridine rings is 1. The number of nitrogens with zero attached hydrogens (tertiary/aromatic N) is 4. The van der Waals surface area contributed by atoms with Gasteiger partial charge in [0, 0.05) is 38.6 Å². The van der Waals surface area contributed by atoms with Gasteiger partial charge in [0.05, 0.1) is 11.3 Å². The molecular weight excluding hydrogens is 256 g/mol. The fraction of sp³-hybridized carbons (Fsp3) is 0.357. The van der Waals surface area contributed by atoms with Crippen molar-refractivity contribution in [1.82, 2.24) is 19.2 Å². The second-order valence-electron chi connectivity index (χ2n) is 4.97. The molecule has 6 nitrogen and oxygen atoms in total. The van der Waals surface area contributed by atoms with Crippen molar-refractivity contribution in [2.45, 2.75) is 6.92 Å². The van der Waals surface area contributed by atoms with Crippen LogP contribution in [0.3, 0.4) is 0 Å². The van der Waals surface area contributed by atoms with Crippen LogP contribution in [0, 0.1) is 6.92 Å². The summed E-state index contributed by atoms with van der Waals surface area (Å²) >= 11 is 0. The number of carbonyl (C=O) groups is 2. The Morgan fingerprint density at radius 2 is 2.05 bits per heavy atom. The Balaban J connectivity index is 1.87. The number of hydrogen-bond donors (Lipinski definition) is 0. The Bertz CT molecular complexity index is 656. The standard InChI is InChI=1S/C14H16N4O2/c1-11-9-18-4-2-3-12(13(18)15-11)14(20)17-7-5-16(10-19)6-8-17/h2-4,9-10H,5-8H2,1H3. The van der Waals surface area contributed by atoms with Crippen molar-refractivity contribution in [2.75, 3.05) is 26.2 Å². The molecule has 104 valence electrons. The normalized spacial score (nSPS) is 15.7. The number of fused-ring (bicyclic) bond motifs is 1. The average molecular weight is 272 g/mol. The number of aromatic nitrogens is 2. The molecule has 1 saturated heterocycles. The van der Waals surface area contributed by atoms with Crippen LogP contribution in [-0.2, 0) is 4.79 Å². The number of imidazole rings is 1. The zero-order chi connectivity index (χ0) is 14.1. The van der Waals surface area contributed by atoms with Gasteiger partial charge in [0.2, 0.25) is 6.41 Å². The van der Waals surface area contributed by atoms with Gasteiger partial charge in [-0.25, -0.2) is 4.98 Å². The van der Waals surface area contributed by atoms with E-state index in [1.54, 1.807) is 15.9 Å². The van der Waals surface area contributed by atoms with E-state index in [1.165, 1.54) is 0 Å². The maximum Gasteiger partial charge on any atom is 0.257 e. The zero-order valence-electron chi connectivity index (χ0n) is 11.3. The fourth-order valence-corrected chi connectivity index (χ4v) is 2.50. The van der Waals surface area contributed by atoms with Gasteiger partial charge >= 0.3 is 0 Å². The quantitative estimate of drug-likeness (QED) is 0.750. The molecule has 20 heavy (non-hydrogen) atoms. The molecule has 0 aliphatic carbocycles. The molecule has 0 aromatic carbocycles. The Morgan fingerprint density at radius 3 is 2.75 bits per heavy atom. The van der Waals surface area contributed by atoms with Gasteiger partial charge in [-0.1, -0.05) is 0 Å². The minimum Gasteiger partial charge on any atom is -0.342 e. The van der Waals surface area contributed by atoms with E-state index in [0.717, 1.165) is 12.1 Å². The summed E-state index contributed by atoms with van der Waals surface area (Å²) in [6.07, 6.45) is 4.62. The van der Waals surface area contributed by atoms with Gasteiger partial charge in [-0.2, -0.15) is 0 Å². The van der Waals surface area contributed by atoms with Crippen molar-refractivity contribution >= 4 is 18.0 Å². The van der Waals surface area contributed by atoms with Crippen LogP contribution in [0.25, 0.3) is 5.65 Å². The lowest BCUT2D eigenvalue weighted by Gasteiger charge is -2.32. The number of rotatable bonds is 2. The average Bonchev–Trinajstić information content (AvgIpc) is 2.86. The van der Waals surface area contributed by atoms with Crippen LogP contribution in [0.15, 0.2) is 24.5 Å². The summed E-state index contributed by atoms with van der Waals surface area (Å²) in [4.78, 5) is 31.1. The highest BCUT2D eigenvalue weighted by Gasteiger charge is 2.23. The first-order valence-electron chi connectivity index (χ1n) is 6.62. The molecule has 2 aromatic heterocycles. The van der Waals surface area contributed by atoms with E-state index in [1.807, 2.05) is 29.8 Å². The molecule has 0 bridgehead atoms. The molecule has 1 aliphatic rings. The van der Waals surface area contributed by atoms with Gasteiger partial charge in [0.25, 0.3) is 5.91 Å². The van der Waals surface area contributed by atoms with E-state index in [2.05, 4.69) is 4.98 Å². The molecule has 2 aromatic rings. The summed E-state index contributed by atoms with van der Waals surface area (Å²) in [7, 11) is 0. The smallest absolute Gasteiger partial charge is 0.257 e. The van der Waals surface area contributed by atoms with Gasteiger partial charge in [0.1, 0.15) is 5.65 Å². The van der Waals surface area contributed by atoms with Gasteiger partial charge in [-0.15, -0.1) is 0 Å². The summed E-state index contributed by atoms with van der Waals surface area (Å²) in [5.41, 5.74) is 2.18. The van der Waals surface area contributed by atoms with E-state index in [0.29, 0.717) is 37.4 Å². The van der Waals surface area contributed by atoms with Crippen LogP contribution in [0.1, 0.15) is 16.1 Å². The molecular formula is C14H16N4O2. The molecule has 0 radical (unpaired) electrons. The Kier molecular flexibility index (Phi) is 3.14. The van der Waals surface area contributed by atoms with Gasteiger partial charge in [-0.05, 0) is 19.1 Å². The molecule has 1 aliphatic heterocycles. The first-order valence-corrected chi connectivity index (χ1v) is 6.62. The third-order valence-corrected chi connectivity index (χ3v) is 3.58. The van der Waals surface area contributed by atoms with Crippen molar-refractivity contribution < 1.29 is 9.59 Å². The Labute approximate surface area is 116 Å². The number of amides is 2. The zero-order valence-corrected chi connectivity index (χ0v) is 11.3. The SMILES string of the molecule is Cc1cn2cccc(C(=O)N3CCN(C=O)CC3)c2n1. The molecule has 0 saturated carbocycles. The number of aryl methyl sites for hydroxylation is 1. The van der Waals surface area contributed by atoms with Crippen LogP contribution in [-0.4, -0.2) is 57.7 Å². The van der Waals surface area contributed by atoms with E-state index in [-0.39, 0.29) is 5.91 Å². The second kappa shape index (κ2) is 4.96. The summed E-state index contributed by atoms with van der Waals surface area (Å²) in [6.45, 7) is 4.22. The highest BCUT2D eigenvalue weighted by Crippen LogP contribution is 2.14. The molecule has 1 fully saturated rings. The first kappa shape index (κ1) is 12.7. The first-order chi connectivity index (χ1) is 9.69. The minimum atomic E-state index is -0.0215. The lowest BCUT2D eigenvalue weighted by molar-refractivity contribution is -0.119. The monoisotopic (exact) mass is 272 g/mol. The predicted octanol–water partition coefficient (Wildman–Crippen LogP) is 0.557. The molecule has 6 heteroatoms. The summed E-state index contributed by atoms with van der Waals surface area (Å²) < 4.78 is 1.87. The van der Waals surface area contributed by atoms with Crippen molar-refractivity contribution in [3.8, 4) is 0 Å². The fourth-order valence-electron chi connectivity index (χ4n) is 2.50. The second-order valence-corrected chi connectivity index (χ2v) is 4.97. The molecule has 3 heterocycles. The Morgan fingerprint density at radius 1 is 1.30 bits per heavy atom. The van der Waals surface area contributed by atoms with Crippen molar-refractivity contribution in [2.24, 2.45) is 0 Å². The molecule has 0 spiro atoms. The number of carbonyl (C=O) groups excluding carboxylic acids is 2. The number of hydrogen-bond acceptors (Lipinski definition) is 3. The lowest BCUT2D eigenvalue weighted by atomic mass is 10.2. The van der Waals surface area contributed by atoms with Crippen LogP contribution >= 0.6 is 0 Å². The summed E-state index contributed by atoms with van der Waals surface area (Å²) in [5, 5.41) is 0. The van der Waals surface area contributed by atoms with Crippen LogP contribution < -0.4 is 0 Å². The predicted molar refractivity (Wildman–Crippen MR) is 73.5 cm³/mol. The third kappa shape index (κ3) is 2.13. The van der Waals surface area contributed by atoms with Crippen molar-refractivity contribution in [3.05, 3.63) is 35.8 Å². The maximum absolute atomic E-state index is 12.6. The van der Waals surface area contributed by atoms with E-state index in [9.17, 15) is 9.59 Å². The van der Waals surface area contributed by atoms with E-state index >= 15 is 0 Å². The molecule has 0 atom stereocenters. The van der Waals surface area contributed by atoms with Crippen LogP contribution in [0.2, 0.25) is 0 Å². The number of piperazine rings is 1.